The van der Waals surface area contributed by atoms with Gasteiger partial charge in [0.1, 0.15) is 11.2 Å². The fourth-order valence-electron chi connectivity index (χ4n) is 4.05. The molecule has 0 aliphatic carbocycles. The number of amides is 2. The molecule has 0 N–H and O–H groups in total. The van der Waals surface area contributed by atoms with Gasteiger partial charge in [0, 0.05) is 19.6 Å². The van der Waals surface area contributed by atoms with E-state index >= 15 is 0 Å². The molecule has 156 valence electrons. The van der Waals surface area contributed by atoms with Crippen LogP contribution in [0.1, 0.15) is 86.5 Å². The van der Waals surface area contributed by atoms with Gasteiger partial charge in [-0.25, -0.2) is 9.59 Å². The summed E-state index contributed by atoms with van der Waals surface area (Å²) in [6.07, 6.45) is 6.37. The number of carbonyl (C=O) groups is 2. The fraction of sp³-hybridized carbons (Fsp3) is 0.905. The molecule has 2 saturated heterocycles. The highest BCUT2D eigenvalue weighted by Crippen LogP contribution is 2.36. The zero-order chi connectivity index (χ0) is 20.3. The Balaban J connectivity index is 2.26. The van der Waals surface area contributed by atoms with Gasteiger partial charge in [0.2, 0.25) is 0 Å². The number of nitrogens with zero attached hydrogens (tertiary/aromatic N) is 2. The lowest BCUT2D eigenvalue weighted by molar-refractivity contribution is -0.0186. The van der Waals surface area contributed by atoms with Crippen LogP contribution in [0.4, 0.5) is 9.59 Å². The van der Waals surface area contributed by atoms with Crippen molar-refractivity contribution in [1.29, 1.82) is 0 Å². The van der Waals surface area contributed by atoms with Crippen LogP contribution >= 0.6 is 0 Å². The standard InChI is InChI=1S/C21H38N2O4/c1-19(2,3)26-17(24)22-14-11-9-13-21(16-22)12-8-7-10-15-23(21)18(25)27-20(4,5)6/h7-16H2,1-6H3. The molecule has 2 heterocycles. The van der Waals surface area contributed by atoms with Crippen molar-refractivity contribution in [1.82, 2.24) is 9.80 Å². The minimum atomic E-state index is -0.528. The monoisotopic (exact) mass is 382 g/mol. The lowest BCUT2D eigenvalue weighted by atomic mass is 9.87. The first kappa shape index (κ1) is 21.8. The molecule has 1 atom stereocenters. The van der Waals surface area contributed by atoms with Crippen molar-refractivity contribution >= 4 is 12.2 Å². The van der Waals surface area contributed by atoms with Gasteiger partial charge in [-0.2, -0.15) is 0 Å². The minimum Gasteiger partial charge on any atom is -0.444 e. The van der Waals surface area contributed by atoms with E-state index in [2.05, 4.69) is 0 Å². The first-order valence-electron chi connectivity index (χ1n) is 10.4. The number of hydrogen-bond acceptors (Lipinski definition) is 4. The molecule has 2 fully saturated rings. The van der Waals surface area contributed by atoms with Crippen LogP contribution in [-0.2, 0) is 9.47 Å². The lowest BCUT2D eigenvalue weighted by Gasteiger charge is -2.44. The second kappa shape index (κ2) is 8.27. The Kier molecular flexibility index (Phi) is 6.69. The second-order valence-corrected chi connectivity index (χ2v) is 10.0. The third kappa shape index (κ3) is 6.28. The van der Waals surface area contributed by atoms with Crippen molar-refractivity contribution in [3.8, 4) is 0 Å². The Labute approximate surface area is 164 Å². The third-order valence-corrected chi connectivity index (χ3v) is 5.17. The predicted molar refractivity (Wildman–Crippen MR) is 106 cm³/mol. The maximum atomic E-state index is 13.0. The van der Waals surface area contributed by atoms with E-state index in [-0.39, 0.29) is 17.7 Å². The Morgan fingerprint density at radius 1 is 0.741 bits per heavy atom. The van der Waals surface area contributed by atoms with Gasteiger partial charge in [0.15, 0.2) is 0 Å². The van der Waals surface area contributed by atoms with Crippen LogP contribution in [0.5, 0.6) is 0 Å². The molecule has 2 amide bonds. The van der Waals surface area contributed by atoms with Crippen LogP contribution in [0.3, 0.4) is 0 Å². The molecule has 1 unspecified atom stereocenters. The Bertz CT molecular complexity index is 531. The van der Waals surface area contributed by atoms with Gasteiger partial charge in [-0.3, -0.25) is 0 Å². The van der Waals surface area contributed by atoms with E-state index < -0.39 is 11.2 Å². The largest absolute Gasteiger partial charge is 0.444 e. The molecule has 0 aromatic rings. The van der Waals surface area contributed by atoms with Gasteiger partial charge >= 0.3 is 12.2 Å². The van der Waals surface area contributed by atoms with Crippen LogP contribution in [0, 0.1) is 0 Å². The summed E-state index contributed by atoms with van der Waals surface area (Å²) in [6.45, 7) is 13.3. The van der Waals surface area contributed by atoms with Crippen molar-refractivity contribution in [3.63, 3.8) is 0 Å². The van der Waals surface area contributed by atoms with Crippen LogP contribution in [0.2, 0.25) is 0 Å². The van der Waals surface area contributed by atoms with Crippen molar-refractivity contribution in [2.75, 3.05) is 19.6 Å². The van der Waals surface area contributed by atoms with E-state index in [1.165, 1.54) is 0 Å². The average molecular weight is 383 g/mol. The van der Waals surface area contributed by atoms with Crippen LogP contribution in [0.25, 0.3) is 0 Å². The van der Waals surface area contributed by atoms with E-state index in [9.17, 15) is 9.59 Å². The zero-order valence-corrected chi connectivity index (χ0v) is 18.1. The molecule has 0 aromatic heterocycles. The number of hydrogen-bond donors (Lipinski definition) is 0. The van der Waals surface area contributed by atoms with E-state index in [1.807, 2.05) is 46.4 Å². The molecule has 0 bridgehead atoms. The highest BCUT2D eigenvalue weighted by molar-refractivity contribution is 5.71. The Morgan fingerprint density at radius 3 is 1.85 bits per heavy atom. The van der Waals surface area contributed by atoms with Crippen molar-refractivity contribution < 1.29 is 19.1 Å². The summed E-state index contributed by atoms with van der Waals surface area (Å²) in [6, 6.07) is 0. The van der Waals surface area contributed by atoms with Crippen molar-refractivity contribution in [2.45, 2.75) is 103 Å². The second-order valence-electron chi connectivity index (χ2n) is 10.0. The van der Waals surface area contributed by atoms with E-state index in [0.717, 1.165) is 44.9 Å². The average Bonchev–Trinajstić information content (AvgIpc) is 2.82. The number of rotatable bonds is 0. The summed E-state index contributed by atoms with van der Waals surface area (Å²) >= 11 is 0. The number of ether oxygens (including phenoxy) is 2. The quantitative estimate of drug-likeness (QED) is 0.594. The van der Waals surface area contributed by atoms with Crippen LogP contribution < -0.4 is 0 Å². The smallest absolute Gasteiger partial charge is 0.410 e. The summed E-state index contributed by atoms with van der Waals surface area (Å²) in [5, 5.41) is 0. The molecule has 27 heavy (non-hydrogen) atoms. The molecule has 2 aliphatic rings. The Hall–Kier alpha value is -1.46. The van der Waals surface area contributed by atoms with Crippen LogP contribution in [-0.4, -0.2) is 58.4 Å². The SMILES string of the molecule is CC(C)(C)OC(=O)N1CCCCC2(CCCCCN2C(=O)OC(C)(C)C)C1. The van der Waals surface area contributed by atoms with Gasteiger partial charge in [-0.1, -0.05) is 12.8 Å². The van der Waals surface area contributed by atoms with E-state index in [1.54, 1.807) is 4.90 Å². The number of carbonyl (C=O) groups excluding carboxylic acids is 2. The van der Waals surface area contributed by atoms with Crippen molar-refractivity contribution in [3.05, 3.63) is 0 Å². The van der Waals surface area contributed by atoms with Gasteiger partial charge in [-0.15, -0.1) is 0 Å². The topological polar surface area (TPSA) is 59.1 Å². The molecule has 1 spiro atoms. The molecule has 2 rings (SSSR count). The van der Waals surface area contributed by atoms with Gasteiger partial charge in [0.05, 0.1) is 5.54 Å². The highest BCUT2D eigenvalue weighted by Gasteiger charge is 2.45. The van der Waals surface area contributed by atoms with Gasteiger partial charge < -0.3 is 19.3 Å². The summed E-state index contributed by atoms with van der Waals surface area (Å²) < 4.78 is 11.4. The summed E-state index contributed by atoms with van der Waals surface area (Å²) in [7, 11) is 0. The van der Waals surface area contributed by atoms with Gasteiger partial charge in [0.25, 0.3) is 0 Å². The Morgan fingerprint density at radius 2 is 1.26 bits per heavy atom. The molecule has 6 heteroatoms. The molecule has 0 aromatic carbocycles. The van der Waals surface area contributed by atoms with Crippen molar-refractivity contribution in [2.24, 2.45) is 0 Å². The van der Waals surface area contributed by atoms with Gasteiger partial charge in [-0.05, 0) is 73.6 Å². The maximum Gasteiger partial charge on any atom is 0.410 e. The zero-order valence-electron chi connectivity index (χ0n) is 18.1. The molecule has 2 aliphatic heterocycles. The predicted octanol–water partition coefficient (Wildman–Crippen LogP) is 4.96. The lowest BCUT2D eigenvalue weighted by Crippen LogP contribution is -2.58. The van der Waals surface area contributed by atoms with E-state index in [0.29, 0.717) is 19.6 Å². The first-order valence-corrected chi connectivity index (χ1v) is 10.4. The number of likely N-dealkylation sites (tertiary alicyclic amines) is 2. The molecule has 6 nitrogen and oxygen atoms in total. The fourth-order valence-corrected chi connectivity index (χ4v) is 4.05. The summed E-state index contributed by atoms with van der Waals surface area (Å²) in [4.78, 5) is 29.5. The molecular formula is C21H38N2O4. The highest BCUT2D eigenvalue weighted by atomic mass is 16.6. The summed E-state index contributed by atoms with van der Waals surface area (Å²) in [5.41, 5.74) is -1.41. The normalized spacial score (nSPS) is 25.0. The third-order valence-electron chi connectivity index (χ3n) is 5.17. The molecular weight excluding hydrogens is 344 g/mol. The molecule has 0 radical (unpaired) electrons. The first-order chi connectivity index (χ1) is 12.4. The molecule has 0 saturated carbocycles. The minimum absolute atomic E-state index is 0.254. The van der Waals surface area contributed by atoms with Crippen LogP contribution in [0.15, 0.2) is 0 Å². The maximum absolute atomic E-state index is 13.0. The van der Waals surface area contributed by atoms with E-state index in [4.69, 9.17) is 9.47 Å². The summed E-state index contributed by atoms with van der Waals surface area (Å²) in [5.74, 6) is 0.